The highest BCUT2D eigenvalue weighted by atomic mass is 32.2. The Morgan fingerprint density at radius 3 is 2.36 bits per heavy atom. The van der Waals surface area contributed by atoms with Gasteiger partial charge >= 0.3 is 5.51 Å². The van der Waals surface area contributed by atoms with Gasteiger partial charge in [-0.05, 0) is 23.9 Å². The molecule has 1 aromatic rings. The van der Waals surface area contributed by atoms with Gasteiger partial charge in [0.2, 0.25) is 5.92 Å². The van der Waals surface area contributed by atoms with Crippen molar-refractivity contribution in [1.29, 1.82) is 0 Å². The number of aliphatic hydroxyl groups excluding tert-OH is 1. The van der Waals surface area contributed by atoms with Crippen LogP contribution in [0.5, 0.6) is 5.75 Å². The van der Waals surface area contributed by atoms with Crippen LogP contribution in [0.4, 0.5) is 30.7 Å². The van der Waals surface area contributed by atoms with Crippen LogP contribution in [0.25, 0.3) is 0 Å². The van der Waals surface area contributed by atoms with E-state index in [1.54, 1.807) is 0 Å². The molecular formula is C15H13F7O2S. The second kappa shape index (κ2) is 5.94. The summed E-state index contributed by atoms with van der Waals surface area (Å²) in [6.07, 6.45) is -4.10. The van der Waals surface area contributed by atoms with Crippen molar-refractivity contribution in [3.8, 4) is 5.75 Å². The number of rotatable bonds is 4. The standard InChI is InChI=1S/C15H13F7O2S/c16-13(17)3-7(4-13)6-24-9-1-2-10(25-15(20,21)22)11-8(9)5-14(18,19)12(11)23/h1-2,7,12,23H,3-6H2. The van der Waals surface area contributed by atoms with E-state index in [0.717, 1.165) is 12.1 Å². The third kappa shape index (κ3) is 3.84. The molecule has 2 nitrogen and oxygen atoms in total. The second-order valence-electron chi connectivity index (χ2n) is 6.28. The minimum atomic E-state index is -4.70. The predicted molar refractivity (Wildman–Crippen MR) is 75.1 cm³/mol. The maximum Gasteiger partial charge on any atom is 0.446 e. The molecule has 1 aromatic carbocycles. The first-order valence-corrected chi connectivity index (χ1v) is 8.18. The second-order valence-corrected chi connectivity index (χ2v) is 7.39. The fourth-order valence-electron chi connectivity index (χ4n) is 3.11. The maximum atomic E-state index is 13.8. The van der Waals surface area contributed by atoms with Crippen molar-refractivity contribution < 1.29 is 40.6 Å². The van der Waals surface area contributed by atoms with Gasteiger partial charge in [-0.2, -0.15) is 13.2 Å². The van der Waals surface area contributed by atoms with Crippen molar-refractivity contribution in [2.45, 2.75) is 47.6 Å². The lowest BCUT2D eigenvalue weighted by Gasteiger charge is -2.34. The molecule has 1 saturated carbocycles. The average molecular weight is 390 g/mol. The summed E-state index contributed by atoms with van der Waals surface area (Å²) in [6.45, 7) is -0.143. The maximum absolute atomic E-state index is 13.8. The molecule has 25 heavy (non-hydrogen) atoms. The molecule has 0 radical (unpaired) electrons. The van der Waals surface area contributed by atoms with Crippen LogP contribution in [0, 0.1) is 5.92 Å². The first-order valence-electron chi connectivity index (χ1n) is 7.36. The Bertz CT molecular complexity index is 667. The van der Waals surface area contributed by atoms with Crippen molar-refractivity contribution >= 4 is 11.8 Å². The number of benzene rings is 1. The summed E-state index contributed by atoms with van der Waals surface area (Å²) < 4.78 is 96.3. The molecule has 0 bridgehead atoms. The Labute approximate surface area is 142 Å². The highest BCUT2D eigenvalue weighted by Gasteiger charge is 2.51. The number of alkyl halides is 7. The molecule has 2 aliphatic rings. The normalized spacial score (nSPS) is 24.7. The van der Waals surface area contributed by atoms with Crippen LogP contribution in [0.15, 0.2) is 17.0 Å². The lowest BCUT2D eigenvalue weighted by atomic mass is 9.82. The third-order valence-electron chi connectivity index (χ3n) is 4.23. The number of hydrogen-bond donors (Lipinski definition) is 1. The third-order valence-corrected chi connectivity index (χ3v) is 5.04. The van der Waals surface area contributed by atoms with Crippen LogP contribution >= 0.6 is 11.8 Å². The molecule has 0 aromatic heterocycles. The van der Waals surface area contributed by atoms with E-state index in [-0.39, 0.29) is 30.8 Å². The Hall–Kier alpha value is -1.16. The topological polar surface area (TPSA) is 29.5 Å². The van der Waals surface area contributed by atoms with Crippen molar-refractivity contribution in [3.05, 3.63) is 23.3 Å². The van der Waals surface area contributed by atoms with E-state index in [1.807, 2.05) is 0 Å². The fraction of sp³-hybridized carbons (Fsp3) is 0.600. The Morgan fingerprint density at radius 2 is 1.80 bits per heavy atom. The highest BCUT2D eigenvalue weighted by molar-refractivity contribution is 8.00. The lowest BCUT2D eigenvalue weighted by Crippen LogP contribution is -2.38. The van der Waals surface area contributed by atoms with E-state index in [4.69, 9.17) is 4.74 Å². The fourth-order valence-corrected chi connectivity index (χ4v) is 3.84. The van der Waals surface area contributed by atoms with Crippen LogP contribution < -0.4 is 4.74 Å². The monoisotopic (exact) mass is 390 g/mol. The molecule has 1 fully saturated rings. The molecule has 10 heteroatoms. The van der Waals surface area contributed by atoms with Gasteiger partial charge < -0.3 is 9.84 Å². The van der Waals surface area contributed by atoms with Crippen LogP contribution in [0.2, 0.25) is 0 Å². The van der Waals surface area contributed by atoms with Gasteiger partial charge in [-0.1, -0.05) is 0 Å². The van der Waals surface area contributed by atoms with Crippen molar-refractivity contribution in [1.82, 2.24) is 0 Å². The van der Waals surface area contributed by atoms with Crippen LogP contribution in [-0.4, -0.2) is 29.1 Å². The summed E-state index contributed by atoms with van der Waals surface area (Å²) >= 11 is -0.589. The summed E-state index contributed by atoms with van der Waals surface area (Å²) in [5, 5.41) is 9.73. The molecule has 0 amide bonds. The Balaban J connectivity index is 1.84. The molecule has 0 heterocycles. The van der Waals surface area contributed by atoms with Gasteiger partial charge in [-0.3, -0.25) is 0 Å². The Kier molecular flexibility index (Phi) is 4.42. The predicted octanol–water partition coefficient (Wildman–Crippen LogP) is 4.95. The number of aliphatic hydroxyl groups is 1. The van der Waals surface area contributed by atoms with Crippen molar-refractivity contribution in [2.75, 3.05) is 6.61 Å². The van der Waals surface area contributed by atoms with Gasteiger partial charge in [-0.15, -0.1) is 0 Å². The molecule has 1 atom stereocenters. The van der Waals surface area contributed by atoms with Crippen LogP contribution in [0.3, 0.4) is 0 Å². The molecule has 0 saturated heterocycles. The van der Waals surface area contributed by atoms with E-state index >= 15 is 0 Å². The minimum Gasteiger partial charge on any atom is -0.493 e. The van der Waals surface area contributed by atoms with Crippen molar-refractivity contribution in [2.24, 2.45) is 5.92 Å². The number of halogens is 7. The molecule has 0 aliphatic heterocycles. The van der Waals surface area contributed by atoms with Crippen LogP contribution in [0.1, 0.15) is 30.1 Å². The molecule has 0 spiro atoms. The zero-order valence-corrected chi connectivity index (χ0v) is 13.4. The van der Waals surface area contributed by atoms with Gasteiger partial charge in [-0.25, -0.2) is 17.6 Å². The number of fused-ring (bicyclic) bond motifs is 1. The Morgan fingerprint density at radius 1 is 1.16 bits per heavy atom. The van der Waals surface area contributed by atoms with E-state index in [9.17, 15) is 35.8 Å². The first kappa shape index (κ1) is 18.6. The van der Waals surface area contributed by atoms with Gasteiger partial charge in [0.05, 0.1) is 6.61 Å². The van der Waals surface area contributed by atoms with Gasteiger partial charge in [0.15, 0.2) is 0 Å². The van der Waals surface area contributed by atoms with Gasteiger partial charge in [0.25, 0.3) is 5.92 Å². The minimum absolute atomic E-state index is 0.104. The van der Waals surface area contributed by atoms with Crippen molar-refractivity contribution in [3.63, 3.8) is 0 Å². The molecular weight excluding hydrogens is 377 g/mol. The summed E-state index contributed by atoms with van der Waals surface area (Å²) in [5.41, 5.74) is -5.42. The first-order chi connectivity index (χ1) is 11.4. The zero-order valence-electron chi connectivity index (χ0n) is 12.5. The highest BCUT2D eigenvalue weighted by Crippen LogP contribution is 2.52. The SMILES string of the molecule is OC1c2c(SC(F)(F)F)ccc(OCC3CC(F)(F)C3)c2CC1(F)F. The zero-order chi connectivity index (χ0) is 18.6. The molecule has 140 valence electrons. The van der Waals surface area contributed by atoms with E-state index in [1.165, 1.54) is 0 Å². The smallest absolute Gasteiger partial charge is 0.446 e. The molecule has 1 unspecified atom stereocenters. The van der Waals surface area contributed by atoms with Crippen LogP contribution in [-0.2, 0) is 6.42 Å². The molecule has 3 rings (SSSR count). The van der Waals surface area contributed by atoms with E-state index in [0.29, 0.717) is 0 Å². The quantitative estimate of drug-likeness (QED) is 0.583. The van der Waals surface area contributed by atoms with E-state index < -0.39 is 58.0 Å². The van der Waals surface area contributed by atoms with E-state index in [2.05, 4.69) is 0 Å². The number of ether oxygens (including phenoxy) is 1. The summed E-state index contributed by atoms with van der Waals surface area (Å²) in [5.74, 6) is -6.92. The molecule has 1 N–H and O–H groups in total. The molecule has 2 aliphatic carbocycles. The van der Waals surface area contributed by atoms with Gasteiger partial charge in [0, 0.05) is 41.2 Å². The number of thioether (sulfide) groups is 1. The summed E-state index contributed by atoms with van der Waals surface area (Å²) in [7, 11) is 0. The lowest BCUT2D eigenvalue weighted by molar-refractivity contribution is -0.119. The van der Waals surface area contributed by atoms with Gasteiger partial charge in [0.1, 0.15) is 11.9 Å². The average Bonchev–Trinajstić information content (AvgIpc) is 2.65. The largest absolute Gasteiger partial charge is 0.493 e. The number of hydrogen-bond acceptors (Lipinski definition) is 3. The summed E-state index contributed by atoms with van der Waals surface area (Å²) in [4.78, 5) is -0.519. The summed E-state index contributed by atoms with van der Waals surface area (Å²) in [6, 6.07) is 2.06.